The first-order valence-electron chi connectivity index (χ1n) is 18.9. The van der Waals surface area contributed by atoms with Crippen molar-refractivity contribution in [2.24, 2.45) is 0 Å². The minimum absolute atomic E-state index is 0.526. The maximum Gasteiger partial charge on any atom is 0.245 e. The van der Waals surface area contributed by atoms with Crippen molar-refractivity contribution < 1.29 is 18.6 Å². The van der Waals surface area contributed by atoms with Crippen LogP contribution in [0.3, 0.4) is 0 Å². The summed E-state index contributed by atoms with van der Waals surface area (Å²) >= 11 is 0. The predicted molar refractivity (Wildman–Crippen MR) is 217 cm³/mol. The lowest BCUT2D eigenvalue weighted by Gasteiger charge is -2.16. The molecule has 8 nitrogen and oxygen atoms in total. The summed E-state index contributed by atoms with van der Waals surface area (Å²) in [5.41, 5.74) is 10.7. The molecule has 8 heteroatoms. The molecule has 0 fully saturated rings. The van der Waals surface area contributed by atoms with E-state index in [1.165, 1.54) is 11.1 Å². The number of hydrogen-bond donors (Lipinski definition) is 0. The highest BCUT2D eigenvalue weighted by atomic mass is 16.5. The van der Waals surface area contributed by atoms with Gasteiger partial charge in [0.15, 0.2) is 33.6 Å². The van der Waals surface area contributed by atoms with Crippen molar-refractivity contribution in [3.8, 4) is 23.3 Å². The molecule has 0 aliphatic carbocycles. The first kappa shape index (κ1) is 32.1. The molecule has 56 heavy (non-hydrogen) atoms. The van der Waals surface area contributed by atoms with E-state index in [0.29, 0.717) is 36.3 Å². The normalized spacial score (nSPS) is 13.0. The largest absolute Gasteiger partial charge is 0.435 e. The Morgan fingerprint density at radius 2 is 0.893 bits per heavy atom. The van der Waals surface area contributed by atoms with Crippen molar-refractivity contribution in [1.82, 2.24) is 19.1 Å². The minimum Gasteiger partial charge on any atom is -0.435 e. The fourth-order valence-electron chi connectivity index (χ4n) is 8.09. The molecule has 6 bridgehead atoms. The molecule has 0 saturated heterocycles. The number of ether oxygens (including phenoxy) is 2. The number of fused-ring (bicyclic) bond motifs is 17. The minimum atomic E-state index is 0.526. The van der Waals surface area contributed by atoms with Crippen LogP contribution in [0.25, 0.3) is 43.9 Å². The second-order valence-corrected chi connectivity index (χ2v) is 14.5. The third-order valence-electron chi connectivity index (χ3n) is 10.7. The highest BCUT2D eigenvalue weighted by Gasteiger charge is 2.23. The van der Waals surface area contributed by atoms with E-state index in [2.05, 4.69) is 128 Å². The molecule has 4 aromatic heterocycles. The first-order chi connectivity index (χ1) is 27.7. The molecule has 11 rings (SSSR count). The van der Waals surface area contributed by atoms with Crippen LogP contribution in [-0.4, -0.2) is 19.1 Å². The van der Waals surface area contributed by atoms with Crippen LogP contribution in [0.2, 0.25) is 0 Å². The Kier molecular flexibility index (Phi) is 7.58. The molecule has 0 unspecified atom stereocenters. The van der Waals surface area contributed by atoms with Crippen molar-refractivity contribution in [2.75, 3.05) is 0 Å². The van der Waals surface area contributed by atoms with E-state index in [0.717, 1.165) is 68.1 Å². The molecule has 0 amide bonds. The first-order valence-corrected chi connectivity index (χ1v) is 18.9. The Morgan fingerprint density at radius 1 is 0.446 bits per heavy atom. The van der Waals surface area contributed by atoms with Gasteiger partial charge < -0.3 is 9.47 Å². The van der Waals surface area contributed by atoms with E-state index >= 15 is 0 Å². The lowest BCUT2D eigenvalue weighted by atomic mass is 10.1. The van der Waals surface area contributed by atoms with E-state index < -0.39 is 0 Å². The SMILES string of the molecule is c1cc2cc(c1)C[n+]1cn(c3ccccc31)Cc1cc3ccccc3nc1Oc1ccccc1Oc1nc3ccccc3cc1Cn1c[n+](c3ccccc31)C2. The van der Waals surface area contributed by atoms with Gasteiger partial charge in [-0.25, -0.2) is 28.2 Å². The molecule has 0 atom stereocenters. The summed E-state index contributed by atoms with van der Waals surface area (Å²) in [6, 6.07) is 54.6. The molecule has 0 spiro atoms. The zero-order chi connectivity index (χ0) is 37.0. The number of pyridine rings is 2. The fourth-order valence-corrected chi connectivity index (χ4v) is 8.09. The maximum absolute atomic E-state index is 6.83. The van der Waals surface area contributed by atoms with E-state index in [-0.39, 0.29) is 0 Å². The fraction of sp³-hybridized carbons (Fsp3) is 0.0833. The van der Waals surface area contributed by atoms with E-state index in [1.54, 1.807) is 0 Å². The Labute approximate surface area is 322 Å². The number of aromatic nitrogens is 6. The topological polar surface area (TPSA) is 61.9 Å². The summed E-state index contributed by atoms with van der Waals surface area (Å²) in [5, 5.41) is 2.10. The predicted octanol–water partition coefficient (Wildman–Crippen LogP) is 9.36. The van der Waals surface area contributed by atoms with Gasteiger partial charge in [0.2, 0.25) is 24.4 Å². The quantitative estimate of drug-likeness (QED) is 0.146. The third-order valence-corrected chi connectivity index (χ3v) is 10.7. The standard InChI is InChI=1S/C48H36N6O2/c1-3-16-39-35(14-1)25-37-29-53-31-51(41-18-5-7-20-43(41)53)27-33-12-11-13-34(24-33)28-52-32-54(44-21-8-6-19-42(44)52)30-38-26-36-15-2-4-17-40(36)50-48(38)56-46-23-10-9-22-45(46)55-47(37)49-39/h1-26,31-32H,27-30H2/q+2. The second-order valence-electron chi connectivity index (χ2n) is 14.5. The van der Waals surface area contributed by atoms with E-state index in [9.17, 15) is 0 Å². The molecule has 1 aliphatic heterocycles. The van der Waals surface area contributed by atoms with Crippen LogP contribution in [0.5, 0.6) is 23.3 Å². The van der Waals surface area contributed by atoms with Gasteiger partial charge in [0.05, 0.1) is 22.2 Å². The van der Waals surface area contributed by atoms with Gasteiger partial charge in [0, 0.05) is 10.8 Å². The number of imidazole rings is 2. The molecule has 0 N–H and O–H groups in total. The summed E-state index contributed by atoms with van der Waals surface area (Å²) < 4.78 is 22.9. The van der Waals surface area contributed by atoms with Crippen LogP contribution < -0.4 is 18.6 Å². The van der Waals surface area contributed by atoms with Crippen LogP contribution >= 0.6 is 0 Å². The summed E-state index contributed by atoms with van der Waals surface area (Å²) in [6.45, 7) is 2.57. The van der Waals surface area contributed by atoms with Crippen molar-refractivity contribution in [1.29, 1.82) is 0 Å². The summed E-state index contributed by atoms with van der Waals surface area (Å²) in [7, 11) is 0. The molecule has 1 aliphatic rings. The zero-order valence-corrected chi connectivity index (χ0v) is 30.5. The Hall–Kier alpha value is -7.32. The molecule has 6 aromatic carbocycles. The van der Waals surface area contributed by atoms with Gasteiger partial charge >= 0.3 is 0 Å². The van der Waals surface area contributed by atoms with Crippen LogP contribution in [0, 0.1) is 0 Å². The van der Waals surface area contributed by atoms with Crippen molar-refractivity contribution >= 4 is 43.9 Å². The van der Waals surface area contributed by atoms with Crippen molar-refractivity contribution in [3.05, 3.63) is 193 Å². The zero-order valence-electron chi connectivity index (χ0n) is 30.5. The molecule has 0 saturated carbocycles. The van der Waals surface area contributed by atoms with Crippen LogP contribution in [-0.2, 0) is 26.2 Å². The second kappa shape index (κ2) is 13.2. The molecule has 0 radical (unpaired) electrons. The molecule has 268 valence electrons. The van der Waals surface area contributed by atoms with Gasteiger partial charge in [-0.1, -0.05) is 91.0 Å². The number of rotatable bonds is 0. The highest BCUT2D eigenvalue weighted by molar-refractivity contribution is 5.81. The lowest BCUT2D eigenvalue weighted by Crippen LogP contribution is -2.34. The summed E-state index contributed by atoms with van der Waals surface area (Å²) in [5.74, 6) is 2.16. The molecular weight excluding hydrogens is 693 g/mol. The molecule has 10 aromatic rings. The Morgan fingerprint density at radius 3 is 1.41 bits per heavy atom. The number of benzene rings is 6. The number of nitrogens with zero attached hydrogens (tertiary/aromatic N) is 6. The number of para-hydroxylation sites is 8. The van der Waals surface area contributed by atoms with Gasteiger partial charge in [-0.05, 0) is 77.9 Å². The average Bonchev–Trinajstić information content (AvgIpc) is 3.75. The summed E-state index contributed by atoms with van der Waals surface area (Å²) in [6.07, 6.45) is 4.43. The third kappa shape index (κ3) is 5.79. The molecule has 5 heterocycles. The monoisotopic (exact) mass is 728 g/mol. The van der Waals surface area contributed by atoms with Crippen LogP contribution in [0.1, 0.15) is 22.3 Å². The van der Waals surface area contributed by atoms with Gasteiger partial charge in [0.25, 0.3) is 0 Å². The number of hydrogen-bond acceptors (Lipinski definition) is 4. The van der Waals surface area contributed by atoms with Gasteiger partial charge in [-0.15, -0.1) is 0 Å². The summed E-state index contributed by atoms with van der Waals surface area (Å²) in [4.78, 5) is 10.2. The molecular formula is C48H36N6O2+2. The average molecular weight is 729 g/mol. The highest BCUT2D eigenvalue weighted by Crippen LogP contribution is 2.38. The van der Waals surface area contributed by atoms with E-state index in [4.69, 9.17) is 19.4 Å². The van der Waals surface area contributed by atoms with Crippen LogP contribution in [0.15, 0.2) is 170 Å². The van der Waals surface area contributed by atoms with E-state index in [1.807, 2.05) is 60.7 Å². The smallest absolute Gasteiger partial charge is 0.245 e. The van der Waals surface area contributed by atoms with Gasteiger partial charge in [0.1, 0.15) is 26.2 Å². The van der Waals surface area contributed by atoms with Crippen molar-refractivity contribution in [2.45, 2.75) is 26.2 Å². The van der Waals surface area contributed by atoms with Gasteiger partial charge in [-0.3, -0.25) is 0 Å². The Bertz CT molecular complexity index is 2920. The van der Waals surface area contributed by atoms with Crippen LogP contribution in [0.4, 0.5) is 0 Å². The maximum atomic E-state index is 6.83. The Balaban J connectivity index is 1.12. The van der Waals surface area contributed by atoms with Crippen molar-refractivity contribution in [3.63, 3.8) is 0 Å². The van der Waals surface area contributed by atoms with Gasteiger partial charge in [-0.2, -0.15) is 0 Å². The lowest BCUT2D eigenvalue weighted by molar-refractivity contribution is -0.664.